The second-order valence-electron chi connectivity index (χ2n) is 9.69. The van der Waals surface area contributed by atoms with Gasteiger partial charge >= 0.3 is 6.03 Å². The fraction of sp³-hybridized carbons (Fsp3) is 0.250. The molecule has 2 aromatic carbocycles. The lowest BCUT2D eigenvalue weighted by Crippen LogP contribution is -2.57. The highest BCUT2D eigenvalue weighted by Gasteiger charge is 2.59. The van der Waals surface area contributed by atoms with Gasteiger partial charge in [0, 0.05) is 31.4 Å². The predicted molar refractivity (Wildman–Crippen MR) is 142 cm³/mol. The highest BCUT2D eigenvalue weighted by atomic mass is 16.3. The topological polar surface area (TPSA) is 119 Å². The van der Waals surface area contributed by atoms with Crippen molar-refractivity contribution in [3.05, 3.63) is 84.7 Å². The standard InChI is InChI=1S/C28H27N7O3/c1-19-23(30-17-29-19)16-33-13-11-28(12-14-33)26(37)34(27(38)35(28)24-15-25(36)32-18-31-24)22-9-7-21(8-10-22)20-5-3-2-4-6-20/h2-10,15,17-18H,11-14,16H2,1H3,(H,29,30)(H,31,32,36). The summed E-state index contributed by atoms with van der Waals surface area (Å²) in [6.45, 7) is 3.84. The first-order valence-corrected chi connectivity index (χ1v) is 12.5. The van der Waals surface area contributed by atoms with Crippen LogP contribution in [0.4, 0.5) is 16.3 Å². The van der Waals surface area contributed by atoms with E-state index in [4.69, 9.17) is 0 Å². The van der Waals surface area contributed by atoms with Crippen molar-refractivity contribution in [2.24, 2.45) is 0 Å². The van der Waals surface area contributed by atoms with E-state index in [0.29, 0.717) is 38.2 Å². The molecule has 2 fully saturated rings. The van der Waals surface area contributed by atoms with Crippen LogP contribution in [0.25, 0.3) is 11.1 Å². The Balaban J connectivity index is 1.32. The minimum absolute atomic E-state index is 0.204. The first-order chi connectivity index (χ1) is 18.5. The number of aromatic nitrogens is 4. The third kappa shape index (κ3) is 3.99. The van der Waals surface area contributed by atoms with Crippen LogP contribution in [0.5, 0.6) is 5.88 Å². The van der Waals surface area contributed by atoms with Crippen molar-refractivity contribution >= 4 is 23.4 Å². The van der Waals surface area contributed by atoms with Crippen molar-refractivity contribution in [1.82, 2.24) is 24.8 Å². The van der Waals surface area contributed by atoms with Crippen molar-refractivity contribution < 1.29 is 14.7 Å². The minimum atomic E-state index is -1.12. The molecule has 2 aliphatic heterocycles. The molecule has 0 unspecified atom stereocenters. The number of aromatic amines is 1. The molecule has 2 aromatic heterocycles. The Labute approximate surface area is 219 Å². The summed E-state index contributed by atoms with van der Waals surface area (Å²) in [5, 5.41) is 10.0. The van der Waals surface area contributed by atoms with Gasteiger partial charge in [0.1, 0.15) is 17.7 Å². The number of hydrogen-bond donors (Lipinski definition) is 2. The zero-order valence-corrected chi connectivity index (χ0v) is 20.9. The van der Waals surface area contributed by atoms with Crippen molar-refractivity contribution in [3.8, 4) is 17.0 Å². The number of urea groups is 1. The third-order valence-corrected chi connectivity index (χ3v) is 7.50. The Bertz CT molecular complexity index is 1480. The van der Waals surface area contributed by atoms with Gasteiger partial charge in [0.25, 0.3) is 5.91 Å². The predicted octanol–water partition coefficient (Wildman–Crippen LogP) is 3.89. The highest BCUT2D eigenvalue weighted by molar-refractivity contribution is 6.30. The number of anilines is 2. The Morgan fingerprint density at radius 2 is 1.66 bits per heavy atom. The van der Waals surface area contributed by atoms with Gasteiger partial charge in [-0.15, -0.1) is 0 Å². The molecule has 2 aliphatic rings. The van der Waals surface area contributed by atoms with Crippen LogP contribution in [0.1, 0.15) is 24.2 Å². The molecule has 10 nitrogen and oxygen atoms in total. The molecule has 0 radical (unpaired) electrons. The first kappa shape index (κ1) is 23.8. The average molecular weight is 510 g/mol. The maximum absolute atomic E-state index is 14.1. The first-order valence-electron chi connectivity index (χ1n) is 12.5. The minimum Gasteiger partial charge on any atom is -0.493 e. The summed E-state index contributed by atoms with van der Waals surface area (Å²) in [6.07, 6.45) is 3.72. The van der Waals surface area contributed by atoms with Crippen molar-refractivity contribution in [2.45, 2.75) is 31.8 Å². The van der Waals surface area contributed by atoms with Gasteiger partial charge in [-0.25, -0.2) is 24.6 Å². The number of carbonyl (C=O) groups excluding carboxylic acids is 2. The zero-order chi connectivity index (χ0) is 26.3. The van der Waals surface area contributed by atoms with E-state index < -0.39 is 11.6 Å². The van der Waals surface area contributed by atoms with E-state index in [9.17, 15) is 14.7 Å². The van der Waals surface area contributed by atoms with Crippen LogP contribution < -0.4 is 9.80 Å². The van der Waals surface area contributed by atoms with Crippen LogP contribution in [-0.2, 0) is 11.3 Å². The Morgan fingerprint density at radius 3 is 2.32 bits per heavy atom. The molecule has 1 spiro atoms. The second-order valence-corrected chi connectivity index (χ2v) is 9.69. The number of nitrogens with one attached hydrogen (secondary N) is 1. The number of benzene rings is 2. The Kier molecular flexibility index (Phi) is 5.88. The maximum Gasteiger partial charge on any atom is 0.338 e. The number of nitrogens with zero attached hydrogens (tertiary/aromatic N) is 6. The van der Waals surface area contributed by atoms with Crippen LogP contribution in [0.3, 0.4) is 0 Å². The number of carbonyl (C=O) groups is 2. The number of aryl methyl sites for hydroxylation is 1. The van der Waals surface area contributed by atoms with E-state index >= 15 is 0 Å². The van der Waals surface area contributed by atoms with Gasteiger partial charge in [-0.05, 0) is 43.0 Å². The van der Waals surface area contributed by atoms with Crippen LogP contribution >= 0.6 is 0 Å². The SMILES string of the molecule is Cc1[nH]cnc1CN1CCC2(CC1)C(=O)N(c1ccc(-c3ccccc3)cc1)C(=O)N2c1cc(O)ncn1. The Morgan fingerprint density at radius 1 is 0.947 bits per heavy atom. The second kappa shape index (κ2) is 9.38. The van der Waals surface area contributed by atoms with Gasteiger partial charge in [-0.1, -0.05) is 42.5 Å². The molecular weight excluding hydrogens is 482 g/mol. The lowest BCUT2D eigenvalue weighted by Gasteiger charge is -2.41. The molecular formula is C28H27N7O3. The van der Waals surface area contributed by atoms with Crippen LogP contribution in [0.15, 0.2) is 73.3 Å². The molecule has 0 bridgehead atoms. The summed E-state index contributed by atoms with van der Waals surface area (Å²) in [6, 6.07) is 18.2. The number of imidazole rings is 1. The highest BCUT2D eigenvalue weighted by Crippen LogP contribution is 2.42. The molecule has 3 amide bonds. The van der Waals surface area contributed by atoms with E-state index in [-0.39, 0.29) is 17.6 Å². The monoisotopic (exact) mass is 509 g/mol. The number of amides is 3. The van der Waals surface area contributed by atoms with Gasteiger partial charge in [0.2, 0.25) is 5.88 Å². The number of hydrogen-bond acceptors (Lipinski definition) is 7. The smallest absolute Gasteiger partial charge is 0.338 e. The molecule has 4 aromatic rings. The fourth-order valence-electron chi connectivity index (χ4n) is 5.39. The summed E-state index contributed by atoms with van der Waals surface area (Å²) < 4.78 is 0. The molecule has 38 heavy (non-hydrogen) atoms. The van der Waals surface area contributed by atoms with Crippen molar-refractivity contribution in [1.29, 1.82) is 0 Å². The normalized spacial score (nSPS) is 17.5. The molecule has 0 atom stereocenters. The molecule has 10 heteroatoms. The maximum atomic E-state index is 14.1. The number of imide groups is 1. The number of H-pyrrole nitrogens is 1. The summed E-state index contributed by atoms with van der Waals surface area (Å²) in [5.41, 5.74) is 3.39. The van der Waals surface area contributed by atoms with E-state index in [0.717, 1.165) is 22.5 Å². The Hall–Kier alpha value is -4.57. The quantitative estimate of drug-likeness (QED) is 0.392. The third-order valence-electron chi connectivity index (χ3n) is 7.50. The lowest BCUT2D eigenvalue weighted by molar-refractivity contribution is -0.123. The largest absolute Gasteiger partial charge is 0.493 e. The lowest BCUT2D eigenvalue weighted by atomic mass is 9.85. The van der Waals surface area contributed by atoms with Crippen LogP contribution in [0, 0.1) is 6.92 Å². The summed E-state index contributed by atoms with van der Waals surface area (Å²) >= 11 is 0. The molecule has 2 saturated heterocycles. The van der Waals surface area contributed by atoms with Crippen molar-refractivity contribution in [3.63, 3.8) is 0 Å². The number of rotatable bonds is 5. The van der Waals surface area contributed by atoms with E-state index in [1.165, 1.54) is 22.2 Å². The summed E-state index contributed by atoms with van der Waals surface area (Å²) in [7, 11) is 0. The molecule has 0 aliphatic carbocycles. The summed E-state index contributed by atoms with van der Waals surface area (Å²) in [5.74, 6) is -0.345. The average Bonchev–Trinajstić information content (AvgIpc) is 3.43. The molecule has 4 heterocycles. The number of piperidine rings is 1. The summed E-state index contributed by atoms with van der Waals surface area (Å²) in [4.78, 5) is 48.4. The molecule has 2 N–H and O–H groups in total. The zero-order valence-electron chi connectivity index (χ0n) is 20.9. The van der Waals surface area contributed by atoms with E-state index in [2.05, 4.69) is 24.8 Å². The van der Waals surface area contributed by atoms with E-state index in [1.54, 1.807) is 18.5 Å². The molecule has 0 saturated carbocycles. The number of likely N-dealkylation sites (tertiary alicyclic amines) is 1. The molecule has 192 valence electrons. The van der Waals surface area contributed by atoms with E-state index in [1.807, 2.05) is 49.4 Å². The van der Waals surface area contributed by atoms with Gasteiger partial charge in [0.05, 0.1) is 17.7 Å². The fourth-order valence-corrected chi connectivity index (χ4v) is 5.39. The van der Waals surface area contributed by atoms with Gasteiger partial charge in [-0.2, -0.15) is 0 Å². The van der Waals surface area contributed by atoms with Crippen molar-refractivity contribution in [2.75, 3.05) is 22.9 Å². The van der Waals surface area contributed by atoms with Crippen LogP contribution in [-0.4, -0.2) is 60.5 Å². The van der Waals surface area contributed by atoms with Gasteiger partial charge in [-0.3, -0.25) is 14.6 Å². The van der Waals surface area contributed by atoms with Crippen LogP contribution in [0.2, 0.25) is 0 Å². The van der Waals surface area contributed by atoms with Gasteiger partial charge < -0.3 is 10.1 Å². The van der Waals surface area contributed by atoms with Gasteiger partial charge in [0.15, 0.2) is 0 Å². The number of aromatic hydroxyl groups is 1. The molecule has 6 rings (SSSR count).